The zero-order valence-corrected chi connectivity index (χ0v) is 15.8. The van der Waals surface area contributed by atoms with E-state index in [1.807, 2.05) is 34.6 Å². The van der Waals surface area contributed by atoms with Gasteiger partial charge in [-0.1, -0.05) is 58.9 Å². The number of rotatable bonds is 5. The van der Waals surface area contributed by atoms with Crippen LogP contribution in [-0.2, 0) is 10.2 Å². The Morgan fingerprint density at radius 2 is 1.12 bits per heavy atom. The highest BCUT2D eigenvalue weighted by atomic mass is 16.4. The van der Waals surface area contributed by atoms with Gasteiger partial charge in [0.2, 0.25) is 0 Å². The highest BCUT2D eigenvalue weighted by Gasteiger charge is 2.29. The highest BCUT2D eigenvalue weighted by molar-refractivity contribution is 5.67. The number of carboxylic acid groups (broad SMARTS) is 1. The van der Waals surface area contributed by atoms with Gasteiger partial charge in [0.25, 0.3) is 0 Å². The second kappa shape index (κ2) is 11.1. The van der Waals surface area contributed by atoms with Crippen LogP contribution in [0.1, 0.15) is 58.6 Å². The van der Waals surface area contributed by atoms with Crippen LogP contribution in [-0.4, -0.2) is 21.3 Å². The standard InChI is InChI=1S/C17H18O4.2C2H6/c1-17(11-10-16(20)21,12-2-6-14(18)7-3-12)13-4-8-15(19)9-5-13;2*1-2/h2-9,18-19H,10-11H2,1H3,(H,20,21);2*1-2H3. The van der Waals surface area contributed by atoms with Crippen molar-refractivity contribution < 1.29 is 20.1 Å². The van der Waals surface area contributed by atoms with Crippen molar-refractivity contribution in [3.8, 4) is 11.5 Å². The van der Waals surface area contributed by atoms with E-state index in [9.17, 15) is 15.0 Å². The maximum absolute atomic E-state index is 10.9. The zero-order chi connectivity index (χ0) is 19.5. The molecule has 0 saturated carbocycles. The number of phenolic OH excluding ortho intramolecular Hbond substituents is 2. The first-order valence-corrected chi connectivity index (χ1v) is 8.72. The van der Waals surface area contributed by atoms with Gasteiger partial charge in [-0.2, -0.15) is 0 Å². The van der Waals surface area contributed by atoms with Crippen LogP contribution < -0.4 is 0 Å². The van der Waals surface area contributed by atoms with Gasteiger partial charge in [0.1, 0.15) is 11.5 Å². The Morgan fingerprint density at radius 1 is 0.800 bits per heavy atom. The molecule has 25 heavy (non-hydrogen) atoms. The van der Waals surface area contributed by atoms with Gasteiger partial charge < -0.3 is 15.3 Å². The summed E-state index contributed by atoms with van der Waals surface area (Å²) in [7, 11) is 0. The van der Waals surface area contributed by atoms with Crippen molar-refractivity contribution in [2.24, 2.45) is 0 Å². The third-order valence-corrected chi connectivity index (χ3v) is 3.85. The van der Waals surface area contributed by atoms with E-state index in [1.54, 1.807) is 48.5 Å². The zero-order valence-electron chi connectivity index (χ0n) is 15.8. The lowest BCUT2D eigenvalue weighted by Gasteiger charge is -2.30. The van der Waals surface area contributed by atoms with Crippen molar-refractivity contribution in [3.05, 3.63) is 59.7 Å². The molecule has 0 heterocycles. The van der Waals surface area contributed by atoms with Gasteiger partial charge >= 0.3 is 5.97 Å². The van der Waals surface area contributed by atoms with Crippen LogP contribution in [0.2, 0.25) is 0 Å². The van der Waals surface area contributed by atoms with E-state index < -0.39 is 11.4 Å². The van der Waals surface area contributed by atoms with E-state index >= 15 is 0 Å². The van der Waals surface area contributed by atoms with Crippen LogP contribution in [0, 0.1) is 0 Å². The minimum absolute atomic E-state index is 0.0399. The van der Waals surface area contributed by atoms with Crippen molar-refractivity contribution in [1.29, 1.82) is 0 Å². The number of benzene rings is 2. The first kappa shape index (κ1) is 22.5. The predicted molar refractivity (Wildman–Crippen MR) is 102 cm³/mol. The van der Waals surface area contributed by atoms with Crippen LogP contribution >= 0.6 is 0 Å². The maximum Gasteiger partial charge on any atom is 0.303 e. The Labute approximate surface area is 150 Å². The van der Waals surface area contributed by atoms with Crippen LogP contribution in [0.5, 0.6) is 11.5 Å². The SMILES string of the molecule is CC.CC.CC(CCC(=O)O)(c1ccc(O)cc1)c1ccc(O)cc1. The number of carbonyl (C=O) groups is 1. The average molecular weight is 346 g/mol. The summed E-state index contributed by atoms with van der Waals surface area (Å²) in [5.41, 5.74) is 1.35. The molecule has 0 aliphatic rings. The van der Waals surface area contributed by atoms with Crippen LogP contribution in [0.15, 0.2) is 48.5 Å². The molecule has 0 saturated heterocycles. The number of carboxylic acids is 1. The normalized spacial score (nSPS) is 9.96. The molecule has 4 heteroatoms. The molecule has 2 aromatic rings. The lowest BCUT2D eigenvalue weighted by Crippen LogP contribution is -2.24. The Balaban J connectivity index is 0.00000134. The molecule has 0 spiro atoms. The first-order chi connectivity index (χ1) is 11.9. The van der Waals surface area contributed by atoms with E-state index in [4.69, 9.17) is 5.11 Å². The molecule has 0 atom stereocenters. The molecule has 0 aromatic heterocycles. The Morgan fingerprint density at radius 3 is 1.40 bits per heavy atom. The molecular formula is C21H30O4. The van der Waals surface area contributed by atoms with Crippen molar-refractivity contribution in [2.45, 2.75) is 52.9 Å². The second-order valence-corrected chi connectivity index (χ2v) is 5.32. The molecule has 2 rings (SSSR count). The smallest absolute Gasteiger partial charge is 0.303 e. The fourth-order valence-corrected chi connectivity index (χ4v) is 2.47. The summed E-state index contributed by atoms with van der Waals surface area (Å²) in [5.74, 6) is -0.506. The maximum atomic E-state index is 10.9. The van der Waals surface area contributed by atoms with E-state index in [-0.39, 0.29) is 17.9 Å². The molecule has 2 aromatic carbocycles. The van der Waals surface area contributed by atoms with Crippen molar-refractivity contribution in [2.75, 3.05) is 0 Å². The molecule has 138 valence electrons. The second-order valence-electron chi connectivity index (χ2n) is 5.32. The molecule has 0 unspecified atom stereocenters. The van der Waals surface area contributed by atoms with Crippen molar-refractivity contribution in [3.63, 3.8) is 0 Å². The van der Waals surface area contributed by atoms with Gasteiger partial charge in [0.15, 0.2) is 0 Å². The van der Waals surface area contributed by atoms with Gasteiger partial charge in [-0.3, -0.25) is 4.79 Å². The third-order valence-electron chi connectivity index (χ3n) is 3.85. The largest absolute Gasteiger partial charge is 0.508 e. The van der Waals surface area contributed by atoms with E-state index in [0.29, 0.717) is 6.42 Å². The minimum Gasteiger partial charge on any atom is -0.508 e. The fraction of sp³-hybridized carbons (Fsp3) is 0.381. The number of aromatic hydroxyl groups is 2. The summed E-state index contributed by atoms with van der Waals surface area (Å²) in [6, 6.07) is 13.6. The molecule has 0 radical (unpaired) electrons. The molecule has 0 bridgehead atoms. The lowest BCUT2D eigenvalue weighted by molar-refractivity contribution is -0.137. The highest BCUT2D eigenvalue weighted by Crippen LogP contribution is 2.37. The monoisotopic (exact) mass is 346 g/mol. The summed E-state index contributed by atoms with van der Waals surface area (Å²) >= 11 is 0. The average Bonchev–Trinajstić information content (AvgIpc) is 2.64. The predicted octanol–water partition coefficient (Wildman–Crippen LogP) is 5.32. The number of aliphatic carboxylic acids is 1. The van der Waals surface area contributed by atoms with Gasteiger partial charge in [0, 0.05) is 11.8 Å². The lowest BCUT2D eigenvalue weighted by atomic mass is 9.73. The summed E-state index contributed by atoms with van der Waals surface area (Å²) < 4.78 is 0. The number of hydrogen-bond donors (Lipinski definition) is 3. The summed E-state index contributed by atoms with van der Waals surface area (Å²) in [6.45, 7) is 9.97. The van der Waals surface area contributed by atoms with Crippen LogP contribution in [0.3, 0.4) is 0 Å². The molecule has 0 aliphatic carbocycles. The molecule has 3 N–H and O–H groups in total. The quantitative estimate of drug-likeness (QED) is 0.684. The minimum atomic E-state index is -0.848. The van der Waals surface area contributed by atoms with Crippen molar-refractivity contribution in [1.82, 2.24) is 0 Å². The van der Waals surface area contributed by atoms with Gasteiger partial charge in [0.05, 0.1) is 0 Å². The fourth-order valence-electron chi connectivity index (χ4n) is 2.47. The van der Waals surface area contributed by atoms with Gasteiger partial charge in [-0.25, -0.2) is 0 Å². The topological polar surface area (TPSA) is 77.8 Å². The van der Waals surface area contributed by atoms with Crippen LogP contribution in [0.25, 0.3) is 0 Å². The number of phenols is 2. The Hall–Kier alpha value is -2.49. The number of hydrogen-bond acceptors (Lipinski definition) is 3. The van der Waals surface area contributed by atoms with E-state index in [0.717, 1.165) is 11.1 Å². The molecule has 0 aliphatic heterocycles. The van der Waals surface area contributed by atoms with Gasteiger partial charge in [-0.05, 0) is 41.8 Å². The summed E-state index contributed by atoms with van der Waals surface area (Å²) in [6.07, 6.45) is 0.468. The van der Waals surface area contributed by atoms with E-state index in [2.05, 4.69) is 0 Å². The first-order valence-electron chi connectivity index (χ1n) is 8.72. The van der Waals surface area contributed by atoms with Crippen molar-refractivity contribution >= 4 is 5.97 Å². The molecule has 0 amide bonds. The molecule has 0 fully saturated rings. The van der Waals surface area contributed by atoms with Gasteiger partial charge in [-0.15, -0.1) is 0 Å². The summed E-state index contributed by atoms with van der Waals surface area (Å²) in [4.78, 5) is 10.9. The van der Waals surface area contributed by atoms with E-state index in [1.165, 1.54) is 0 Å². The van der Waals surface area contributed by atoms with Crippen LogP contribution in [0.4, 0.5) is 0 Å². The summed E-state index contributed by atoms with van der Waals surface area (Å²) in [5, 5.41) is 27.8. The Kier molecular flexibility index (Phi) is 10.0. The molecular weight excluding hydrogens is 316 g/mol. The molecule has 4 nitrogen and oxygen atoms in total. The third kappa shape index (κ3) is 6.49. The Bertz CT molecular complexity index is 570.